The van der Waals surface area contributed by atoms with Gasteiger partial charge in [0.05, 0.1) is 17.4 Å². The number of benzene rings is 2. The van der Waals surface area contributed by atoms with Crippen LogP contribution in [0, 0.1) is 0 Å². The Morgan fingerprint density at radius 1 is 1.15 bits per heavy atom. The van der Waals surface area contributed by atoms with Crippen LogP contribution >= 0.6 is 22.9 Å². The molecule has 0 amide bonds. The summed E-state index contributed by atoms with van der Waals surface area (Å²) in [6.07, 6.45) is 1.63. The molecule has 0 aliphatic heterocycles. The molecule has 4 rings (SSSR count). The van der Waals surface area contributed by atoms with Crippen molar-refractivity contribution in [3.8, 4) is 22.8 Å². The maximum absolute atomic E-state index is 13.0. The Balaban J connectivity index is 1.82. The number of methoxy groups -OCH3 is 1. The number of hydrogen-bond acceptors (Lipinski definition) is 6. The number of para-hydroxylation sites is 1. The van der Waals surface area contributed by atoms with Crippen molar-refractivity contribution >= 4 is 33.9 Å². The van der Waals surface area contributed by atoms with E-state index < -0.39 is 0 Å². The molecule has 0 spiro atoms. The van der Waals surface area contributed by atoms with Gasteiger partial charge < -0.3 is 13.9 Å². The lowest BCUT2D eigenvalue weighted by Crippen LogP contribution is -2.09. The largest absolute Gasteiger partial charge is 0.497 e. The monoisotopic (exact) mass is 399 g/mol. The van der Waals surface area contributed by atoms with E-state index in [1.54, 1.807) is 43.6 Å². The minimum Gasteiger partial charge on any atom is -0.497 e. The van der Waals surface area contributed by atoms with Crippen LogP contribution in [0.5, 0.6) is 11.5 Å². The second-order valence-corrected chi connectivity index (χ2v) is 7.38. The first-order valence-electron chi connectivity index (χ1n) is 8.09. The van der Waals surface area contributed by atoms with Gasteiger partial charge in [-0.1, -0.05) is 23.7 Å². The lowest BCUT2D eigenvalue weighted by Gasteiger charge is -2.11. The van der Waals surface area contributed by atoms with Crippen LogP contribution < -0.4 is 14.9 Å². The van der Waals surface area contributed by atoms with E-state index in [4.69, 9.17) is 25.5 Å². The van der Waals surface area contributed by atoms with E-state index in [0.717, 1.165) is 10.4 Å². The molecule has 0 saturated heterocycles. The number of ether oxygens (including phenoxy) is 2. The zero-order valence-electron chi connectivity index (χ0n) is 14.3. The minimum absolute atomic E-state index is 0.156. The van der Waals surface area contributed by atoms with Crippen molar-refractivity contribution in [2.45, 2.75) is 6.61 Å². The molecule has 7 heteroatoms. The summed E-state index contributed by atoms with van der Waals surface area (Å²) in [5, 5.41) is 0.465. The fraction of sp³-hybridized carbons (Fsp3) is 0.100. The highest BCUT2D eigenvalue weighted by molar-refractivity contribution is 7.15. The van der Waals surface area contributed by atoms with Gasteiger partial charge in [-0.3, -0.25) is 4.79 Å². The molecular formula is C20H14ClNO4S. The molecule has 0 aliphatic carbocycles. The highest BCUT2D eigenvalue weighted by Gasteiger charge is 2.18. The summed E-state index contributed by atoms with van der Waals surface area (Å²) < 4.78 is 17.5. The van der Waals surface area contributed by atoms with E-state index in [-0.39, 0.29) is 17.8 Å². The first kappa shape index (κ1) is 17.6. The van der Waals surface area contributed by atoms with Crippen LogP contribution in [0.25, 0.3) is 22.3 Å². The molecular weight excluding hydrogens is 386 g/mol. The van der Waals surface area contributed by atoms with Gasteiger partial charge in [0.2, 0.25) is 11.2 Å². The average Bonchev–Trinajstić information content (AvgIpc) is 3.12. The second-order valence-electron chi connectivity index (χ2n) is 5.68. The molecule has 0 N–H and O–H groups in total. The standard InChI is InChI=1S/C20H14ClNO4S/c1-24-13-8-6-12(7-9-13)18-19(25-11-14-10-22-20(21)27-14)17(23)15-4-2-3-5-16(15)26-18/h2-10H,11H2,1H3. The topological polar surface area (TPSA) is 61.6 Å². The molecule has 2 heterocycles. The summed E-state index contributed by atoms with van der Waals surface area (Å²) in [6.45, 7) is 0.177. The summed E-state index contributed by atoms with van der Waals surface area (Å²) in [4.78, 5) is 17.8. The van der Waals surface area contributed by atoms with Crippen LogP contribution in [0.1, 0.15) is 4.88 Å². The number of aromatic nitrogens is 1. The molecule has 2 aromatic heterocycles. The first-order chi connectivity index (χ1) is 13.2. The maximum atomic E-state index is 13.0. The van der Waals surface area contributed by atoms with Crippen LogP contribution in [-0.4, -0.2) is 12.1 Å². The highest BCUT2D eigenvalue weighted by atomic mass is 35.5. The van der Waals surface area contributed by atoms with E-state index >= 15 is 0 Å². The summed E-state index contributed by atoms with van der Waals surface area (Å²) in [6, 6.07) is 14.3. The number of hydrogen-bond donors (Lipinski definition) is 0. The molecule has 0 aliphatic rings. The molecule has 0 unspecified atom stereocenters. The van der Waals surface area contributed by atoms with E-state index in [0.29, 0.717) is 26.9 Å². The van der Waals surface area contributed by atoms with Crippen molar-refractivity contribution in [3.63, 3.8) is 0 Å². The summed E-state index contributed by atoms with van der Waals surface area (Å²) in [5.74, 6) is 1.24. The average molecular weight is 400 g/mol. The molecule has 2 aromatic carbocycles. The maximum Gasteiger partial charge on any atom is 0.235 e. The van der Waals surface area contributed by atoms with Gasteiger partial charge in [-0.15, -0.1) is 11.3 Å². The molecule has 4 aromatic rings. The van der Waals surface area contributed by atoms with Crippen molar-refractivity contribution < 1.29 is 13.9 Å². The zero-order chi connectivity index (χ0) is 18.8. The summed E-state index contributed by atoms with van der Waals surface area (Å²) >= 11 is 7.17. The van der Waals surface area contributed by atoms with E-state index in [9.17, 15) is 4.79 Å². The Morgan fingerprint density at radius 2 is 1.93 bits per heavy atom. The van der Waals surface area contributed by atoms with Gasteiger partial charge in [0.25, 0.3) is 0 Å². The smallest absolute Gasteiger partial charge is 0.235 e. The Kier molecular flexibility index (Phi) is 4.83. The molecule has 0 fully saturated rings. The van der Waals surface area contributed by atoms with Crippen LogP contribution in [0.3, 0.4) is 0 Å². The molecule has 0 radical (unpaired) electrons. The third-order valence-electron chi connectivity index (χ3n) is 3.99. The summed E-state index contributed by atoms with van der Waals surface area (Å²) in [7, 11) is 1.60. The molecule has 136 valence electrons. The third kappa shape index (κ3) is 3.54. The minimum atomic E-state index is -0.224. The SMILES string of the molecule is COc1ccc(-c2oc3ccccc3c(=O)c2OCc2cnc(Cl)s2)cc1. The number of thiazole rings is 1. The van der Waals surface area contributed by atoms with Gasteiger partial charge in [-0.05, 0) is 36.4 Å². The van der Waals surface area contributed by atoms with E-state index in [1.165, 1.54) is 11.3 Å². The van der Waals surface area contributed by atoms with Gasteiger partial charge in [0, 0.05) is 11.8 Å². The Hall–Kier alpha value is -2.83. The highest BCUT2D eigenvalue weighted by Crippen LogP contribution is 2.32. The van der Waals surface area contributed by atoms with Crippen molar-refractivity contribution in [1.82, 2.24) is 4.98 Å². The normalized spacial score (nSPS) is 10.9. The van der Waals surface area contributed by atoms with Crippen LogP contribution in [0.15, 0.2) is 63.9 Å². The molecule has 0 bridgehead atoms. The number of fused-ring (bicyclic) bond motifs is 1. The van der Waals surface area contributed by atoms with Gasteiger partial charge in [0.15, 0.2) is 10.2 Å². The second kappa shape index (κ2) is 7.42. The predicted octanol–water partition coefficient (Wildman–Crippen LogP) is 5.16. The van der Waals surface area contributed by atoms with Gasteiger partial charge in [-0.2, -0.15) is 0 Å². The van der Waals surface area contributed by atoms with E-state index in [2.05, 4.69) is 4.98 Å². The lowest BCUT2D eigenvalue weighted by molar-refractivity contribution is 0.301. The van der Waals surface area contributed by atoms with Crippen molar-refractivity contribution in [1.29, 1.82) is 0 Å². The Morgan fingerprint density at radius 3 is 2.63 bits per heavy atom. The Labute approximate surface area is 163 Å². The van der Waals surface area contributed by atoms with Crippen molar-refractivity contribution in [2.24, 2.45) is 0 Å². The molecule has 27 heavy (non-hydrogen) atoms. The first-order valence-corrected chi connectivity index (χ1v) is 9.28. The van der Waals surface area contributed by atoms with Gasteiger partial charge in [-0.25, -0.2) is 4.98 Å². The number of halogens is 1. The Bertz CT molecular complexity index is 1150. The fourth-order valence-corrected chi connectivity index (χ4v) is 3.57. The van der Waals surface area contributed by atoms with Crippen LogP contribution in [0.2, 0.25) is 4.47 Å². The van der Waals surface area contributed by atoms with Gasteiger partial charge in [0.1, 0.15) is 17.9 Å². The zero-order valence-corrected chi connectivity index (χ0v) is 15.8. The van der Waals surface area contributed by atoms with Gasteiger partial charge >= 0.3 is 0 Å². The van der Waals surface area contributed by atoms with Crippen LogP contribution in [0.4, 0.5) is 0 Å². The van der Waals surface area contributed by atoms with Crippen LogP contribution in [-0.2, 0) is 6.61 Å². The lowest BCUT2D eigenvalue weighted by atomic mass is 10.1. The van der Waals surface area contributed by atoms with Crippen molar-refractivity contribution in [3.05, 3.63) is 74.3 Å². The van der Waals surface area contributed by atoms with Crippen molar-refractivity contribution in [2.75, 3.05) is 7.11 Å². The third-order valence-corrected chi connectivity index (χ3v) is 5.08. The van der Waals surface area contributed by atoms with E-state index in [1.807, 2.05) is 18.2 Å². The number of rotatable bonds is 5. The fourth-order valence-electron chi connectivity index (χ4n) is 2.68. The quantitative estimate of drug-likeness (QED) is 0.464. The molecule has 0 atom stereocenters. The summed E-state index contributed by atoms with van der Waals surface area (Å²) in [5.41, 5.74) is 0.996. The molecule has 5 nitrogen and oxygen atoms in total. The number of nitrogens with zero attached hydrogens (tertiary/aromatic N) is 1. The molecule has 0 saturated carbocycles. The predicted molar refractivity (Wildman–Crippen MR) is 106 cm³/mol.